The lowest BCUT2D eigenvalue weighted by molar-refractivity contribution is 0.0694. The van der Waals surface area contributed by atoms with Crippen LogP contribution in [0.1, 0.15) is 10.4 Å². The number of rotatable bonds is 4. The summed E-state index contributed by atoms with van der Waals surface area (Å²) in [5.41, 5.74) is 0.663. The van der Waals surface area contributed by atoms with Crippen molar-refractivity contribution in [3.8, 4) is 0 Å². The number of halogens is 1. The highest BCUT2D eigenvalue weighted by molar-refractivity contribution is 7.98. The SMILES string of the molecule is CSc1ccccc1C(=O)N1CCN(S(=O)(=O)c2ccc(Cl)s2)CC1. The first-order valence-electron chi connectivity index (χ1n) is 7.61. The minimum Gasteiger partial charge on any atom is -0.336 e. The van der Waals surface area contributed by atoms with Gasteiger partial charge in [0.25, 0.3) is 15.9 Å². The van der Waals surface area contributed by atoms with E-state index in [-0.39, 0.29) is 23.2 Å². The van der Waals surface area contributed by atoms with E-state index < -0.39 is 10.0 Å². The number of carbonyl (C=O) groups excluding carboxylic acids is 1. The Morgan fingerprint density at radius 3 is 2.40 bits per heavy atom. The average Bonchev–Trinajstić information content (AvgIpc) is 3.08. The van der Waals surface area contributed by atoms with Crippen molar-refractivity contribution in [1.29, 1.82) is 0 Å². The fourth-order valence-corrected chi connectivity index (χ4v) is 6.34. The van der Waals surface area contributed by atoms with Gasteiger partial charge in [0.05, 0.1) is 9.90 Å². The second-order valence-electron chi connectivity index (χ2n) is 5.46. The van der Waals surface area contributed by atoms with Crippen molar-refractivity contribution in [3.63, 3.8) is 0 Å². The molecular weight excluding hydrogens is 400 g/mol. The molecular formula is C16H17ClN2O3S3. The zero-order valence-electron chi connectivity index (χ0n) is 13.5. The molecule has 0 N–H and O–H groups in total. The molecule has 25 heavy (non-hydrogen) atoms. The topological polar surface area (TPSA) is 57.7 Å². The minimum absolute atomic E-state index is 0.0545. The predicted molar refractivity (Wildman–Crippen MR) is 102 cm³/mol. The van der Waals surface area contributed by atoms with Crippen molar-refractivity contribution in [2.24, 2.45) is 0 Å². The van der Waals surface area contributed by atoms with Crippen LogP contribution in [-0.4, -0.2) is 56.0 Å². The van der Waals surface area contributed by atoms with Crippen molar-refractivity contribution in [1.82, 2.24) is 9.21 Å². The molecule has 1 aromatic carbocycles. The molecule has 1 amide bonds. The Balaban J connectivity index is 1.70. The number of thioether (sulfide) groups is 1. The number of sulfonamides is 1. The first-order chi connectivity index (χ1) is 11.9. The zero-order valence-corrected chi connectivity index (χ0v) is 16.7. The van der Waals surface area contributed by atoms with Crippen molar-refractivity contribution < 1.29 is 13.2 Å². The molecule has 0 spiro atoms. The highest BCUT2D eigenvalue weighted by Gasteiger charge is 2.31. The van der Waals surface area contributed by atoms with Gasteiger partial charge in [-0.1, -0.05) is 23.7 Å². The van der Waals surface area contributed by atoms with E-state index in [1.165, 1.54) is 22.1 Å². The lowest BCUT2D eigenvalue weighted by Gasteiger charge is -2.34. The lowest BCUT2D eigenvalue weighted by atomic mass is 10.2. The zero-order chi connectivity index (χ0) is 18.0. The highest BCUT2D eigenvalue weighted by Crippen LogP contribution is 2.29. The average molecular weight is 417 g/mol. The smallest absolute Gasteiger partial charge is 0.255 e. The van der Waals surface area contributed by atoms with E-state index in [1.807, 2.05) is 30.5 Å². The monoisotopic (exact) mass is 416 g/mol. The minimum atomic E-state index is -3.54. The van der Waals surface area contributed by atoms with Crippen LogP contribution in [0.4, 0.5) is 0 Å². The third-order valence-electron chi connectivity index (χ3n) is 4.01. The van der Waals surface area contributed by atoms with E-state index >= 15 is 0 Å². The van der Waals surface area contributed by atoms with Crippen LogP contribution in [0.25, 0.3) is 0 Å². The van der Waals surface area contributed by atoms with Crippen LogP contribution < -0.4 is 0 Å². The first kappa shape index (κ1) is 18.7. The van der Waals surface area contributed by atoms with Crippen LogP contribution in [0, 0.1) is 0 Å². The van der Waals surface area contributed by atoms with Gasteiger partial charge < -0.3 is 4.90 Å². The molecule has 0 saturated carbocycles. The summed E-state index contributed by atoms with van der Waals surface area (Å²) in [6.45, 7) is 1.32. The maximum Gasteiger partial charge on any atom is 0.255 e. The molecule has 2 heterocycles. The predicted octanol–water partition coefficient (Wildman–Crippen LogP) is 3.27. The number of hydrogen-bond donors (Lipinski definition) is 0. The van der Waals surface area contributed by atoms with Crippen LogP contribution in [0.3, 0.4) is 0 Å². The summed E-state index contributed by atoms with van der Waals surface area (Å²) in [5, 5.41) is 0. The molecule has 3 rings (SSSR count). The van der Waals surface area contributed by atoms with Gasteiger partial charge in [-0.25, -0.2) is 8.42 Å². The van der Waals surface area contributed by atoms with Gasteiger partial charge in [0, 0.05) is 31.1 Å². The second kappa shape index (κ2) is 7.67. The highest BCUT2D eigenvalue weighted by atomic mass is 35.5. The van der Waals surface area contributed by atoms with Crippen LogP contribution in [0.2, 0.25) is 4.34 Å². The van der Waals surface area contributed by atoms with Crippen molar-refractivity contribution in [2.75, 3.05) is 32.4 Å². The van der Waals surface area contributed by atoms with Gasteiger partial charge in [0.1, 0.15) is 4.21 Å². The van der Waals surface area contributed by atoms with Gasteiger partial charge in [-0.05, 0) is 30.5 Å². The van der Waals surface area contributed by atoms with Gasteiger partial charge in [-0.2, -0.15) is 4.31 Å². The Hall–Kier alpha value is -1.06. The molecule has 1 aliphatic heterocycles. The number of hydrogen-bond acceptors (Lipinski definition) is 5. The van der Waals surface area contributed by atoms with E-state index in [9.17, 15) is 13.2 Å². The molecule has 134 valence electrons. The number of nitrogens with zero attached hydrogens (tertiary/aromatic N) is 2. The molecule has 1 saturated heterocycles. The third-order valence-corrected chi connectivity index (χ3v) is 8.40. The summed E-state index contributed by atoms with van der Waals surface area (Å²) in [6, 6.07) is 10.6. The van der Waals surface area contributed by atoms with Crippen LogP contribution >= 0.6 is 34.7 Å². The Morgan fingerprint density at radius 1 is 1.12 bits per heavy atom. The standard InChI is InChI=1S/C16H17ClN2O3S3/c1-23-13-5-3-2-4-12(13)16(20)18-8-10-19(11-9-18)25(21,22)15-7-6-14(17)24-15/h2-7H,8-11H2,1H3. The van der Waals surface area contributed by atoms with Gasteiger partial charge in [0.2, 0.25) is 0 Å². The summed E-state index contributed by atoms with van der Waals surface area (Å²) in [7, 11) is -3.54. The summed E-state index contributed by atoms with van der Waals surface area (Å²) in [5.74, 6) is -0.0545. The molecule has 0 aliphatic carbocycles. The molecule has 0 unspecified atom stereocenters. The first-order valence-corrected chi connectivity index (χ1v) is 11.5. The second-order valence-corrected chi connectivity index (χ2v) is 10.2. The summed E-state index contributed by atoms with van der Waals surface area (Å²) >= 11 is 8.42. The number of amides is 1. The third kappa shape index (κ3) is 3.88. The molecule has 0 bridgehead atoms. The number of thiophene rings is 1. The quantitative estimate of drug-likeness (QED) is 0.718. The molecule has 1 aliphatic rings. The molecule has 1 aromatic heterocycles. The van der Waals surface area contributed by atoms with E-state index in [4.69, 9.17) is 11.6 Å². The maximum absolute atomic E-state index is 12.7. The molecule has 2 aromatic rings. The Labute approximate surface area is 160 Å². The van der Waals surface area contributed by atoms with Gasteiger partial charge in [0.15, 0.2) is 0 Å². The summed E-state index contributed by atoms with van der Waals surface area (Å²) in [4.78, 5) is 15.4. The van der Waals surface area contributed by atoms with Gasteiger partial charge in [-0.3, -0.25) is 4.79 Å². The van der Waals surface area contributed by atoms with E-state index in [0.29, 0.717) is 23.0 Å². The van der Waals surface area contributed by atoms with Gasteiger partial charge in [-0.15, -0.1) is 23.1 Å². The number of benzene rings is 1. The van der Waals surface area contributed by atoms with Crippen molar-refractivity contribution in [2.45, 2.75) is 9.10 Å². The van der Waals surface area contributed by atoms with E-state index in [1.54, 1.807) is 11.0 Å². The molecule has 1 fully saturated rings. The summed E-state index contributed by atoms with van der Waals surface area (Å²) in [6.07, 6.45) is 1.93. The Kier molecular flexibility index (Phi) is 5.75. The maximum atomic E-state index is 12.7. The van der Waals surface area contributed by atoms with Crippen molar-refractivity contribution >= 4 is 50.6 Å². The molecule has 0 radical (unpaired) electrons. The van der Waals surface area contributed by atoms with Crippen LogP contribution in [0.15, 0.2) is 45.5 Å². The van der Waals surface area contributed by atoms with E-state index in [0.717, 1.165) is 16.2 Å². The van der Waals surface area contributed by atoms with Crippen LogP contribution in [-0.2, 0) is 10.0 Å². The largest absolute Gasteiger partial charge is 0.336 e. The Bertz CT molecular complexity index is 874. The molecule has 5 nitrogen and oxygen atoms in total. The lowest BCUT2D eigenvalue weighted by Crippen LogP contribution is -2.50. The fraction of sp³-hybridized carbons (Fsp3) is 0.312. The van der Waals surface area contributed by atoms with Crippen molar-refractivity contribution in [3.05, 3.63) is 46.3 Å². The van der Waals surface area contributed by atoms with Crippen LogP contribution in [0.5, 0.6) is 0 Å². The molecule has 0 atom stereocenters. The normalized spacial score (nSPS) is 16.2. The number of piperazine rings is 1. The molecule has 9 heteroatoms. The Morgan fingerprint density at radius 2 is 1.80 bits per heavy atom. The fourth-order valence-electron chi connectivity index (χ4n) is 2.69. The van der Waals surface area contributed by atoms with E-state index in [2.05, 4.69) is 0 Å². The van der Waals surface area contributed by atoms with Gasteiger partial charge >= 0.3 is 0 Å². The summed E-state index contributed by atoms with van der Waals surface area (Å²) < 4.78 is 27.3. The number of carbonyl (C=O) groups is 1.